The van der Waals surface area contributed by atoms with Crippen LogP contribution in [0.3, 0.4) is 0 Å². The van der Waals surface area contributed by atoms with Crippen molar-refractivity contribution in [2.75, 3.05) is 0 Å². The summed E-state index contributed by atoms with van der Waals surface area (Å²) in [6, 6.07) is 0. The molecular weight excluding hydrogens is 124 g/mol. The minimum atomic E-state index is -0.791. The highest BCUT2D eigenvalue weighted by molar-refractivity contribution is 4.82. The van der Waals surface area contributed by atoms with Crippen LogP contribution in [0.4, 0.5) is 0 Å². The average molecular weight is 144 g/mol. The van der Waals surface area contributed by atoms with Crippen molar-refractivity contribution in [1.82, 2.24) is 0 Å². The summed E-state index contributed by atoms with van der Waals surface area (Å²) in [7, 11) is 0. The highest BCUT2D eigenvalue weighted by atomic mass is 16.3. The maximum Gasteiger partial charge on any atom is 0.0547 e. The van der Waals surface area contributed by atoms with Crippen LogP contribution in [-0.2, 0) is 0 Å². The second-order valence-corrected chi connectivity index (χ2v) is 4.13. The van der Waals surface area contributed by atoms with E-state index in [1.54, 1.807) is 6.92 Å². The Balaban J connectivity index is 2.80. The van der Waals surface area contributed by atoms with Gasteiger partial charge in [0.05, 0.1) is 6.10 Å². The maximum absolute atomic E-state index is 9.54. The van der Waals surface area contributed by atoms with E-state index in [2.05, 4.69) is 13.8 Å². The van der Waals surface area contributed by atoms with Gasteiger partial charge >= 0.3 is 0 Å². The normalized spacial score (nSPS) is 57.2. The second-order valence-electron chi connectivity index (χ2n) is 4.13. The minimum absolute atomic E-state index is 0.00741. The zero-order chi connectivity index (χ0) is 9.57. The van der Waals surface area contributed by atoms with E-state index in [-0.39, 0.29) is 5.41 Å². The molecule has 0 amide bonds. The van der Waals surface area contributed by atoms with E-state index in [1.807, 2.05) is 0 Å². The molecule has 1 fully saturated rings. The topological polar surface area (TPSA) is 20.2 Å². The first-order chi connectivity index (χ1) is 5.25. The predicted molar refractivity (Wildman–Crippen MR) is 42.8 cm³/mol. The van der Waals surface area contributed by atoms with Gasteiger partial charge in [-0.15, -0.1) is 0 Å². The molecule has 0 bridgehead atoms. The molecule has 0 saturated heterocycles. The van der Waals surface area contributed by atoms with E-state index in [9.17, 15) is 5.11 Å². The minimum Gasteiger partial charge on any atom is -0.393 e. The maximum atomic E-state index is 9.54. The van der Waals surface area contributed by atoms with Crippen LogP contribution in [0.25, 0.3) is 0 Å². The molecule has 1 saturated carbocycles. The molecule has 1 aliphatic rings. The molecular formula is C9H18O. The molecule has 0 aromatic rings. The highest BCUT2D eigenvalue weighted by Crippen LogP contribution is 2.38. The molecule has 1 nitrogen and oxygen atoms in total. The van der Waals surface area contributed by atoms with E-state index in [0.29, 0.717) is 12.8 Å². The summed E-state index contributed by atoms with van der Waals surface area (Å²) in [4.78, 5) is 0. The fourth-order valence-corrected chi connectivity index (χ4v) is 1.84. The molecule has 0 heterocycles. The van der Waals surface area contributed by atoms with Crippen LogP contribution in [0.15, 0.2) is 0 Å². The van der Waals surface area contributed by atoms with Crippen LogP contribution in [-0.4, -0.2) is 11.2 Å². The van der Waals surface area contributed by atoms with Gasteiger partial charge < -0.3 is 5.11 Å². The zero-order valence-corrected chi connectivity index (χ0v) is 7.02. The van der Waals surface area contributed by atoms with Crippen LogP contribution in [0.1, 0.15) is 42.8 Å². The second kappa shape index (κ2) is 2.54. The van der Waals surface area contributed by atoms with Crippen LogP contribution in [0.5, 0.6) is 0 Å². The number of hydrogen-bond acceptors (Lipinski definition) is 1. The summed E-state index contributed by atoms with van der Waals surface area (Å²) >= 11 is 0. The van der Waals surface area contributed by atoms with Gasteiger partial charge in [0.25, 0.3) is 0 Å². The van der Waals surface area contributed by atoms with Crippen molar-refractivity contribution >= 4 is 0 Å². The van der Waals surface area contributed by atoms with Crippen molar-refractivity contribution in [2.24, 2.45) is 11.3 Å². The first-order valence-corrected chi connectivity index (χ1v) is 3.85. The fraction of sp³-hybridized carbons (Fsp3) is 1.00. The summed E-state index contributed by atoms with van der Waals surface area (Å²) in [6.45, 7) is 5.85. The van der Waals surface area contributed by atoms with Crippen molar-refractivity contribution in [2.45, 2.75) is 46.1 Å². The molecule has 0 aromatic heterocycles. The Morgan fingerprint density at radius 3 is 2.70 bits per heavy atom. The zero-order valence-electron chi connectivity index (χ0n) is 9.02. The van der Waals surface area contributed by atoms with Crippen molar-refractivity contribution in [3.63, 3.8) is 0 Å². The Bertz CT molecular complexity index is 177. The number of aliphatic hydroxyl groups is 1. The smallest absolute Gasteiger partial charge is 0.0547 e. The summed E-state index contributed by atoms with van der Waals surface area (Å²) in [5.74, 6) is -0.791. The third-order valence-corrected chi connectivity index (χ3v) is 2.00. The first kappa shape index (κ1) is 5.59. The third kappa shape index (κ3) is 1.98. The van der Waals surface area contributed by atoms with E-state index in [1.165, 1.54) is 0 Å². The molecule has 60 valence electrons. The van der Waals surface area contributed by atoms with Gasteiger partial charge in [-0.2, -0.15) is 0 Å². The van der Waals surface area contributed by atoms with Gasteiger partial charge in [-0.1, -0.05) is 20.8 Å². The molecule has 3 atom stereocenters. The van der Waals surface area contributed by atoms with Crippen molar-refractivity contribution in [3.05, 3.63) is 0 Å². The number of aliphatic hydroxyl groups excluding tert-OH is 1. The molecule has 1 aliphatic carbocycles. The van der Waals surface area contributed by atoms with E-state index in [0.717, 1.165) is 0 Å². The van der Waals surface area contributed by atoms with E-state index >= 15 is 0 Å². The Kier molecular flexibility index (Phi) is 1.42. The predicted octanol–water partition coefficient (Wildman–Crippen LogP) is 2.19. The van der Waals surface area contributed by atoms with Gasteiger partial charge in [0, 0.05) is 2.74 Å². The number of rotatable bonds is 0. The third-order valence-electron chi connectivity index (χ3n) is 2.00. The first-order valence-electron chi connectivity index (χ1n) is 4.93. The Morgan fingerprint density at radius 1 is 1.60 bits per heavy atom. The monoisotopic (exact) mass is 144 g/mol. The molecule has 0 aromatic carbocycles. The standard InChI is InChI=1S/C9H18O/c1-7-4-8(10)6-9(2,3)5-7/h7-8,10H,4-6H2,1-3H3/i4D,7D. The van der Waals surface area contributed by atoms with Crippen LogP contribution in [0, 0.1) is 11.3 Å². The largest absolute Gasteiger partial charge is 0.393 e. The molecule has 0 spiro atoms. The van der Waals surface area contributed by atoms with Crippen LogP contribution >= 0.6 is 0 Å². The summed E-state index contributed by atoms with van der Waals surface area (Å²) in [5.41, 5.74) is 0.00741. The van der Waals surface area contributed by atoms with E-state index in [4.69, 9.17) is 2.74 Å². The summed E-state index contributed by atoms with van der Waals surface area (Å²) in [5, 5.41) is 9.54. The van der Waals surface area contributed by atoms with Crippen molar-refractivity contribution < 1.29 is 7.85 Å². The highest BCUT2D eigenvalue weighted by Gasteiger charge is 2.30. The van der Waals surface area contributed by atoms with Gasteiger partial charge in [0.2, 0.25) is 0 Å². The van der Waals surface area contributed by atoms with Crippen molar-refractivity contribution in [3.8, 4) is 0 Å². The molecule has 10 heavy (non-hydrogen) atoms. The lowest BCUT2D eigenvalue weighted by atomic mass is 9.72. The molecule has 1 N–H and O–H groups in total. The van der Waals surface area contributed by atoms with Gasteiger partial charge in [0.15, 0.2) is 0 Å². The van der Waals surface area contributed by atoms with Gasteiger partial charge in [-0.05, 0) is 30.5 Å². The van der Waals surface area contributed by atoms with Crippen molar-refractivity contribution in [1.29, 1.82) is 0 Å². The van der Waals surface area contributed by atoms with Gasteiger partial charge in [-0.3, -0.25) is 0 Å². The molecule has 1 heteroatoms. The molecule has 0 aliphatic heterocycles. The molecule has 0 radical (unpaired) electrons. The lowest BCUT2D eigenvalue weighted by Crippen LogP contribution is -2.30. The lowest BCUT2D eigenvalue weighted by molar-refractivity contribution is 0.0394. The Hall–Kier alpha value is -0.0400. The Labute approximate surface area is 66.3 Å². The summed E-state index contributed by atoms with van der Waals surface area (Å²) < 4.78 is 15.5. The quantitative estimate of drug-likeness (QED) is 0.552. The molecule has 3 unspecified atom stereocenters. The lowest BCUT2D eigenvalue weighted by Gasteiger charge is -2.36. The molecule has 1 rings (SSSR count). The SMILES string of the molecule is [2H]C1C(O)CC(C)(C)CC1([2H])C. The number of hydrogen-bond donors (Lipinski definition) is 1. The van der Waals surface area contributed by atoms with Gasteiger partial charge in [0.1, 0.15) is 0 Å². The Morgan fingerprint density at radius 2 is 2.20 bits per heavy atom. The van der Waals surface area contributed by atoms with Crippen LogP contribution < -0.4 is 0 Å². The van der Waals surface area contributed by atoms with Crippen LogP contribution in [0.2, 0.25) is 0 Å². The van der Waals surface area contributed by atoms with Gasteiger partial charge in [-0.25, -0.2) is 0 Å². The summed E-state index contributed by atoms with van der Waals surface area (Å²) in [6.07, 6.45) is 0.0719. The van der Waals surface area contributed by atoms with E-state index < -0.39 is 18.4 Å². The fourth-order valence-electron chi connectivity index (χ4n) is 1.84. The average Bonchev–Trinajstić information content (AvgIpc) is 1.79.